The zero-order chi connectivity index (χ0) is 14.8. The molecule has 0 spiro atoms. The number of halogens is 1. The average Bonchev–Trinajstić information content (AvgIpc) is 2.38. The van der Waals surface area contributed by atoms with Crippen LogP contribution in [0.3, 0.4) is 0 Å². The van der Waals surface area contributed by atoms with Crippen LogP contribution in [0.2, 0.25) is 0 Å². The monoisotopic (exact) mass is 305 g/mol. The van der Waals surface area contributed by atoms with E-state index >= 15 is 0 Å². The fourth-order valence-corrected chi connectivity index (χ4v) is 2.81. The summed E-state index contributed by atoms with van der Waals surface area (Å²) in [5.74, 6) is -1.19. The predicted octanol–water partition coefficient (Wildman–Crippen LogP) is 0.259. The number of morpholine rings is 1. The molecule has 0 saturated carbocycles. The van der Waals surface area contributed by atoms with Gasteiger partial charge >= 0.3 is 5.69 Å². The van der Waals surface area contributed by atoms with Crippen LogP contribution in [0.25, 0.3) is 0 Å². The van der Waals surface area contributed by atoms with Gasteiger partial charge in [-0.3, -0.25) is 10.1 Å². The highest BCUT2D eigenvalue weighted by atomic mass is 32.2. The van der Waals surface area contributed by atoms with Gasteiger partial charge in [0.05, 0.1) is 23.0 Å². The van der Waals surface area contributed by atoms with Crippen molar-refractivity contribution in [2.75, 3.05) is 26.3 Å². The zero-order valence-corrected chi connectivity index (χ0v) is 11.1. The van der Waals surface area contributed by atoms with Crippen LogP contribution in [-0.4, -0.2) is 44.7 Å². The second-order valence-electron chi connectivity index (χ2n) is 4.06. The molecular weight excluding hydrogens is 293 g/mol. The van der Waals surface area contributed by atoms with E-state index in [9.17, 15) is 22.9 Å². The van der Waals surface area contributed by atoms with Gasteiger partial charge < -0.3 is 4.74 Å². The predicted molar refractivity (Wildman–Crippen MR) is 65.8 cm³/mol. The van der Waals surface area contributed by atoms with Gasteiger partial charge in [-0.05, 0) is 6.07 Å². The lowest BCUT2D eigenvalue weighted by Gasteiger charge is -2.26. The van der Waals surface area contributed by atoms with Crippen LogP contribution in [-0.2, 0) is 14.8 Å². The Morgan fingerprint density at radius 2 is 2.00 bits per heavy atom. The van der Waals surface area contributed by atoms with E-state index in [1.54, 1.807) is 0 Å². The quantitative estimate of drug-likeness (QED) is 0.632. The van der Waals surface area contributed by atoms with E-state index in [1.807, 2.05) is 0 Å². The molecule has 0 bridgehead atoms. The van der Waals surface area contributed by atoms with E-state index in [0.717, 1.165) is 12.1 Å². The minimum absolute atomic E-state index is 0.368. The highest BCUT2D eigenvalue weighted by Gasteiger charge is 2.23. The molecule has 1 aromatic carbocycles. The first-order valence-corrected chi connectivity index (χ1v) is 7.17. The number of benzene rings is 1. The second kappa shape index (κ2) is 5.79. The van der Waals surface area contributed by atoms with E-state index in [-0.39, 0.29) is 4.90 Å². The first kappa shape index (κ1) is 14.8. The lowest BCUT2D eigenvalue weighted by molar-refractivity contribution is -0.387. The first-order chi connectivity index (χ1) is 9.40. The maximum atomic E-state index is 13.4. The summed E-state index contributed by atoms with van der Waals surface area (Å²) in [6, 6.07) is 2.44. The Hall–Kier alpha value is -1.62. The summed E-state index contributed by atoms with van der Waals surface area (Å²) >= 11 is 0. The number of hydrogen-bond acceptors (Lipinski definition) is 6. The van der Waals surface area contributed by atoms with Crippen LogP contribution in [0, 0.1) is 15.9 Å². The molecule has 110 valence electrons. The van der Waals surface area contributed by atoms with Crippen molar-refractivity contribution >= 4 is 15.7 Å². The molecule has 1 heterocycles. The molecule has 1 saturated heterocycles. The van der Waals surface area contributed by atoms with E-state index in [0.29, 0.717) is 32.4 Å². The standard InChI is InChI=1S/C10H12FN3O5S/c11-9-7-8(1-2-10(9)14(15)16)20(17,18)12-13-3-5-19-6-4-13/h1-2,7,12H,3-6H2. The van der Waals surface area contributed by atoms with Crippen LogP contribution in [0.1, 0.15) is 0 Å². The van der Waals surface area contributed by atoms with Crippen molar-refractivity contribution in [1.29, 1.82) is 0 Å². The molecule has 0 aliphatic carbocycles. The van der Waals surface area contributed by atoms with E-state index < -0.39 is 26.5 Å². The SMILES string of the molecule is O=[N+]([O-])c1ccc(S(=O)(=O)NN2CCOCC2)cc1F. The molecule has 8 nitrogen and oxygen atoms in total. The van der Waals surface area contributed by atoms with Gasteiger partial charge in [-0.15, -0.1) is 4.83 Å². The smallest absolute Gasteiger partial charge is 0.304 e. The summed E-state index contributed by atoms with van der Waals surface area (Å²) in [6.45, 7) is 1.51. The summed E-state index contributed by atoms with van der Waals surface area (Å²) in [6.07, 6.45) is 0. The van der Waals surface area contributed by atoms with Gasteiger partial charge in [-0.1, -0.05) is 0 Å². The fraction of sp³-hybridized carbons (Fsp3) is 0.400. The summed E-state index contributed by atoms with van der Waals surface area (Å²) in [4.78, 5) is 11.5. The van der Waals surface area contributed by atoms with Gasteiger partial charge in [0.25, 0.3) is 10.0 Å². The number of hydrogen-bond donors (Lipinski definition) is 1. The number of hydrazine groups is 1. The normalized spacial score (nSPS) is 17.1. The van der Waals surface area contributed by atoms with Crippen LogP contribution >= 0.6 is 0 Å². The third-order valence-corrected chi connectivity index (χ3v) is 4.06. The molecule has 20 heavy (non-hydrogen) atoms. The molecule has 0 amide bonds. The number of rotatable bonds is 4. The zero-order valence-electron chi connectivity index (χ0n) is 10.3. The van der Waals surface area contributed by atoms with Crippen molar-refractivity contribution in [3.8, 4) is 0 Å². The van der Waals surface area contributed by atoms with Gasteiger partial charge in [0.2, 0.25) is 5.82 Å². The van der Waals surface area contributed by atoms with E-state index in [4.69, 9.17) is 4.74 Å². The Morgan fingerprint density at radius 3 is 2.55 bits per heavy atom. The maximum absolute atomic E-state index is 13.4. The first-order valence-electron chi connectivity index (χ1n) is 5.69. The molecular formula is C10H12FN3O5S. The Kier molecular flexibility index (Phi) is 4.28. The molecule has 1 fully saturated rings. The summed E-state index contributed by atoms with van der Waals surface area (Å²) < 4.78 is 42.5. The largest absolute Gasteiger partial charge is 0.379 e. The van der Waals surface area contributed by atoms with Crippen molar-refractivity contribution in [1.82, 2.24) is 9.84 Å². The molecule has 1 aliphatic rings. The number of nitrogens with zero attached hydrogens (tertiary/aromatic N) is 2. The highest BCUT2D eigenvalue weighted by molar-refractivity contribution is 7.89. The molecule has 1 aliphatic heterocycles. The number of ether oxygens (including phenoxy) is 1. The Bertz CT molecular complexity index is 615. The summed E-state index contributed by atoms with van der Waals surface area (Å²) in [7, 11) is -3.97. The summed E-state index contributed by atoms with van der Waals surface area (Å²) in [5, 5.41) is 11.9. The molecule has 0 aromatic heterocycles. The minimum atomic E-state index is -3.97. The summed E-state index contributed by atoms with van der Waals surface area (Å²) in [5.41, 5.74) is -0.768. The Balaban J connectivity index is 2.20. The number of nitro benzene ring substituents is 1. The number of nitro groups is 1. The fourth-order valence-electron chi connectivity index (χ4n) is 1.68. The number of sulfonamides is 1. The molecule has 1 aromatic rings. The molecule has 0 atom stereocenters. The van der Waals surface area contributed by atoms with Gasteiger partial charge in [0, 0.05) is 25.2 Å². The van der Waals surface area contributed by atoms with Gasteiger partial charge in [-0.2, -0.15) is 4.39 Å². The Morgan fingerprint density at radius 1 is 1.35 bits per heavy atom. The van der Waals surface area contributed by atoms with Gasteiger partial charge in [0.1, 0.15) is 0 Å². The topological polar surface area (TPSA) is 102 Å². The van der Waals surface area contributed by atoms with Crippen LogP contribution in [0.4, 0.5) is 10.1 Å². The lowest BCUT2D eigenvalue weighted by Crippen LogP contribution is -2.48. The van der Waals surface area contributed by atoms with Gasteiger partial charge in [-0.25, -0.2) is 13.4 Å². The van der Waals surface area contributed by atoms with Gasteiger partial charge in [0.15, 0.2) is 0 Å². The third kappa shape index (κ3) is 3.28. The van der Waals surface area contributed by atoms with Crippen LogP contribution < -0.4 is 4.83 Å². The molecule has 0 unspecified atom stereocenters. The Labute approximate surface area is 114 Å². The number of nitrogens with one attached hydrogen (secondary N) is 1. The van der Waals surface area contributed by atoms with Crippen molar-refractivity contribution in [3.05, 3.63) is 34.1 Å². The minimum Gasteiger partial charge on any atom is -0.379 e. The van der Waals surface area contributed by atoms with Crippen molar-refractivity contribution in [2.45, 2.75) is 4.90 Å². The van der Waals surface area contributed by atoms with Crippen LogP contribution in [0.5, 0.6) is 0 Å². The average molecular weight is 305 g/mol. The maximum Gasteiger partial charge on any atom is 0.304 e. The second-order valence-corrected chi connectivity index (χ2v) is 5.73. The van der Waals surface area contributed by atoms with Crippen LogP contribution in [0.15, 0.2) is 23.1 Å². The molecule has 2 rings (SSSR count). The van der Waals surface area contributed by atoms with Crippen molar-refractivity contribution < 1.29 is 22.5 Å². The van der Waals surface area contributed by atoms with E-state index in [1.165, 1.54) is 5.01 Å². The van der Waals surface area contributed by atoms with E-state index in [2.05, 4.69) is 4.83 Å². The van der Waals surface area contributed by atoms with Crippen molar-refractivity contribution in [2.24, 2.45) is 0 Å². The molecule has 10 heteroatoms. The van der Waals surface area contributed by atoms with Crippen molar-refractivity contribution in [3.63, 3.8) is 0 Å². The molecule has 1 N–H and O–H groups in total. The molecule has 0 radical (unpaired) electrons. The highest BCUT2D eigenvalue weighted by Crippen LogP contribution is 2.20. The lowest BCUT2D eigenvalue weighted by atomic mass is 10.3. The third-order valence-electron chi connectivity index (χ3n) is 2.69.